The van der Waals surface area contributed by atoms with Crippen LogP contribution in [-0.4, -0.2) is 26.4 Å². The molecular formula is C16H19NO2. The molecule has 1 atom stereocenters. The maximum absolute atomic E-state index is 6.10. The van der Waals surface area contributed by atoms with Crippen LogP contribution in [0.2, 0.25) is 0 Å². The molecule has 1 unspecified atom stereocenters. The fourth-order valence-corrected chi connectivity index (χ4v) is 2.57. The second-order valence-electron chi connectivity index (χ2n) is 4.90. The Morgan fingerprint density at radius 1 is 1.26 bits per heavy atom. The Labute approximate surface area is 113 Å². The van der Waals surface area contributed by atoms with Crippen LogP contribution >= 0.6 is 0 Å². The largest absolute Gasteiger partial charge is 0.488 e. The monoisotopic (exact) mass is 257 g/mol. The van der Waals surface area contributed by atoms with E-state index in [0.29, 0.717) is 6.61 Å². The Morgan fingerprint density at radius 3 is 2.95 bits per heavy atom. The lowest BCUT2D eigenvalue weighted by Gasteiger charge is -2.17. The van der Waals surface area contributed by atoms with Crippen molar-refractivity contribution in [1.29, 1.82) is 0 Å². The second-order valence-corrected chi connectivity index (χ2v) is 4.90. The van der Waals surface area contributed by atoms with Crippen LogP contribution in [0.15, 0.2) is 36.4 Å². The van der Waals surface area contributed by atoms with Gasteiger partial charge in [0.15, 0.2) is 0 Å². The molecule has 2 aromatic carbocycles. The highest BCUT2D eigenvalue weighted by Crippen LogP contribution is 2.29. The van der Waals surface area contributed by atoms with Crippen LogP contribution in [0.25, 0.3) is 10.8 Å². The van der Waals surface area contributed by atoms with Crippen LogP contribution < -0.4 is 10.1 Å². The van der Waals surface area contributed by atoms with Gasteiger partial charge in [-0.1, -0.05) is 30.3 Å². The summed E-state index contributed by atoms with van der Waals surface area (Å²) in [4.78, 5) is 0. The summed E-state index contributed by atoms with van der Waals surface area (Å²) in [5.41, 5.74) is 1.23. The first kappa shape index (κ1) is 12.5. The van der Waals surface area contributed by atoms with Gasteiger partial charge in [0, 0.05) is 18.5 Å². The Kier molecular flexibility index (Phi) is 3.67. The summed E-state index contributed by atoms with van der Waals surface area (Å²) in [6.45, 7) is 2.32. The summed E-state index contributed by atoms with van der Waals surface area (Å²) >= 11 is 0. The highest BCUT2D eigenvalue weighted by molar-refractivity contribution is 5.87. The lowest BCUT2D eigenvalue weighted by Crippen LogP contribution is -2.18. The zero-order chi connectivity index (χ0) is 13.1. The molecule has 0 aliphatic carbocycles. The third kappa shape index (κ3) is 2.57. The number of fused-ring (bicyclic) bond motifs is 1. The first-order valence-corrected chi connectivity index (χ1v) is 6.78. The van der Waals surface area contributed by atoms with Crippen LogP contribution in [0, 0.1) is 0 Å². The molecule has 1 N–H and O–H groups in total. The molecule has 0 radical (unpaired) electrons. The van der Waals surface area contributed by atoms with E-state index < -0.39 is 0 Å². The van der Waals surface area contributed by atoms with E-state index in [-0.39, 0.29) is 6.10 Å². The summed E-state index contributed by atoms with van der Waals surface area (Å²) in [7, 11) is 1.96. The van der Waals surface area contributed by atoms with Gasteiger partial charge in [-0.05, 0) is 23.9 Å². The number of hydrogen-bond donors (Lipinski definition) is 1. The molecule has 0 saturated carbocycles. The molecule has 1 aliphatic rings. The quantitative estimate of drug-likeness (QED) is 0.913. The van der Waals surface area contributed by atoms with Gasteiger partial charge in [0.1, 0.15) is 11.9 Å². The molecule has 1 saturated heterocycles. The van der Waals surface area contributed by atoms with Crippen molar-refractivity contribution >= 4 is 10.8 Å². The molecule has 0 amide bonds. The molecular weight excluding hydrogens is 238 g/mol. The Balaban J connectivity index is 1.99. The average Bonchev–Trinajstić information content (AvgIpc) is 2.94. The molecule has 1 heterocycles. The predicted octanol–water partition coefficient (Wildman–Crippen LogP) is 2.73. The van der Waals surface area contributed by atoms with Crippen LogP contribution in [0.1, 0.15) is 12.0 Å². The van der Waals surface area contributed by atoms with E-state index in [1.807, 2.05) is 7.05 Å². The van der Waals surface area contributed by atoms with Gasteiger partial charge in [-0.25, -0.2) is 0 Å². The topological polar surface area (TPSA) is 30.5 Å². The number of benzene rings is 2. The molecule has 0 aromatic heterocycles. The summed E-state index contributed by atoms with van der Waals surface area (Å²) in [6.07, 6.45) is 1.17. The lowest BCUT2D eigenvalue weighted by atomic mass is 10.0. The lowest BCUT2D eigenvalue weighted by molar-refractivity contribution is 0.140. The highest BCUT2D eigenvalue weighted by Gasteiger charge is 2.19. The number of nitrogens with one attached hydrogen (secondary N) is 1. The van der Waals surface area contributed by atoms with Crippen molar-refractivity contribution < 1.29 is 9.47 Å². The zero-order valence-corrected chi connectivity index (χ0v) is 11.2. The minimum atomic E-state index is 0.191. The second kappa shape index (κ2) is 5.59. The predicted molar refractivity (Wildman–Crippen MR) is 76.6 cm³/mol. The van der Waals surface area contributed by atoms with Crippen LogP contribution in [0.5, 0.6) is 5.75 Å². The molecule has 3 rings (SSSR count). The van der Waals surface area contributed by atoms with Gasteiger partial charge in [-0.15, -0.1) is 0 Å². The Morgan fingerprint density at radius 2 is 2.16 bits per heavy atom. The van der Waals surface area contributed by atoms with Gasteiger partial charge in [0.05, 0.1) is 13.2 Å². The van der Waals surface area contributed by atoms with Crippen molar-refractivity contribution in [3.8, 4) is 5.75 Å². The molecule has 0 bridgehead atoms. The Bertz CT molecular complexity index is 562. The van der Waals surface area contributed by atoms with Crippen LogP contribution in [-0.2, 0) is 11.3 Å². The maximum atomic E-state index is 6.10. The summed E-state index contributed by atoms with van der Waals surface area (Å²) in [6, 6.07) is 12.6. The fraction of sp³-hybridized carbons (Fsp3) is 0.375. The Hall–Kier alpha value is -1.58. The van der Waals surface area contributed by atoms with E-state index in [4.69, 9.17) is 9.47 Å². The molecule has 2 aromatic rings. The van der Waals surface area contributed by atoms with Gasteiger partial charge < -0.3 is 14.8 Å². The maximum Gasteiger partial charge on any atom is 0.124 e. The van der Waals surface area contributed by atoms with Gasteiger partial charge in [-0.2, -0.15) is 0 Å². The SMILES string of the molecule is CNCc1c(OC2CCOC2)ccc2ccccc12. The standard InChI is InChI=1S/C16H19NO2/c1-17-10-15-14-5-3-2-4-12(14)6-7-16(15)19-13-8-9-18-11-13/h2-7,13,17H,8-11H2,1H3. The van der Waals surface area contributed by atoms with E-state index >= 15 is 0 Å². The van der Waals surface area contributed by atoms with Gasteiger partial charge in [-0.3, -0.25) is 0 Å². The van der Waals surface area contributed by atoms with Gasteiger partial charge in [0.2, 0.25) is 0 Å². The summed E-state index contributed by atoms with van der Waals surface area (Å²) in [5, 5.41) is 5.74. The molecule has 3 heteroatoms. The van der Waals surface area contributed by atoms with Crippen molar-refractivity contribution in [3.05, 3.63) is 42.0 Å². The summed E-state index contributed by atoms with van der Waals surface area (Å²) < 4.78 is 11.5. The van der Waals surface area contributed by atoms with Gasteiger partial charge >= 0.3 is 0 Å². The minimum Gasteiger partial charge on any atom is -0.488 e. The van der Waals surface area contributed by atoms with E-state index in [0.717, 1.165) is 25.3 Å². The first-order chi connectivity index (χ1) is 9.38. The van der Waals surface area contributed by atoms with Crippen LogP contribution in [0.4, 0.5) is 0 Å². The van der Waals surface area contributed by atoms with Crippen LogP contribution in [0.3, 0.4) is 0 Å². The van der Waals surface area contributed by atoms with Gasteiger partial charge in [0.25, 0.3) is 0 Å². The molecule has 100 valence electrons. The molecule has 3 nitrogen and oxygen atoms in total. The molecule has 1 aliphatic heterocycles. The number of ether oxygens (including phenoxy) is 2. The molecule has 0 spiro atoms. The van der Waals surface area contributed by atoms with E-state index in [9.17, 15) is 0 Å². The smallest absolute Gasteiger partial charge is 0.124 e. The molecule has 19 heavy (non-hydrogen) atoms. The van der Waals surface area contributed by atoms with Crippen molar-refractivity contribution in [1.82, 2.24) is 5.32 Å². The van der Waals surface area contributed by atoms with Crippen molar-refractivity contribution in [2.75, 3.05) is 20.3 Å². The van der Waals surface area contributed by atoms with E-state index in [2.05, 4.69) is 41.7 Å². The van der Waals surface area contributed by atoms with E-state index in [1.165, 1.54) is 16.3 Å². The number of hydrogen-bond acceptors (Lipinski definition) is 3. The van der Waals surface area contributed by atoms with Crippen molar-refractivity contribution in [3.63, 3.8) is 0 Å². The van der Waals surface area contributed by atoms with Crippen molar-refractivity contribution in [2.24, 2.45) is 0 Å². The first-order valence-electron chi connectivity index (χ1n) is 6.78. The average molecular weight is 257 g/mol. The zero-order valence-electron chi connectivity index (χ0n) is 11.2. The third-order valence-corrected chi connectivity index (χ3v) is 3.53. The minimum absolute atomic E-state index is 0.191. The summed E-state index contributed by atoms with van der Waals surface area (Å²) in [5.74, 6) is 0.976. The highest BCUT2D eigenvalue weighted by atomic mass is 16.5. The number of rotatable bonds is 4. The third-order valence-electron chi connectivity index (χ3n) is 3.53. The van der Waals surface area contributed by atoms with E-state index in [1.54, 1.807) is 0 Å². The molecule has 1 fully saturated rings. The fourth-order valence-electron chi connectivity index (χ4n) is 2.57. The normalized spacial score (nSPS) is 18.9. The van der Waals surface area contributed by atoms with Crippen molar-refractivity contribution in [2.45, 2.75) is 19.1 Å².